The van der Waals surface area contributed by atoms with Crippen LogP contribution in [0.15, 0.2) is 24.3 Å². The van der Waals surface area contributed by atoms with Crippen LogP contribution in [0.4, 0.5) is 0 Å². The SMILES string of the molecule is N#CCc1ccccc1CC(=O)N1CCCC1CCCO. The Bertz CT molecular complexity index is 522. The minimum absolute atomic E-state index is 0.140. The van der Waals surface area contributed by atoms with Crippen LogP contribution in [0.3, 0.4) is 0 Å². The van der Waals surface area contributed by atoms with Crippen molar-refractivity contribution in [3.63, 3.8) is 0 Å². The number of rotatable bonds is 6. The van der Waals surface area contributed by atoms with Gasteiger partial charge in [0.1, 0.15) is 0 Å². The molecule has 1 aromatic rings. The van der Waals surface area contributed by atoms with Gasteiger partial charge in [0, 0.05) is 19.2 Å². The average molecular weight is 286 g/mol. The fraction of sp³-hybridized carbons (Fsp3) is 0.529. The van der Waals surface area contributed by atoms with Crippen LogP contribution in [-0.2, 0) is 17.6 Å². The Morgan fingerprint density at radius 3 is 2.86 bits per heavy atom. The second-order valence-corrected chi connectivity index (χ2v) is 5.53. The van der Waals surface area contributed by atoms with Gasteiger partial charge < -0.3 is 10.0 Å². The maximum absolute atomic E-state index is 12.5. The van der Waals surface area contributed by atoms with Crippen molar-refractivity contribution >= 4 is 5.91 Å². The minimum Gasteiger partial charge on any atom is -0.396 e. The van der Waals surface area contributed by atoms with Crippen molar-refractivity contribution in [1.29, 1.82) is 5.26 Å². The lowest BCUT2D eigenvalue weighted by atomic mass is 10.0. The number of amides is 1. The predicted molar refractivity (Wildman–Crippen MR) is 80.5 cm³/mol. The number of likely N-dealkylation sites (tertiary alicyclic amines) is 1. The summed E-state index contributed by atoms with van der Waals surface area (Å²) in [6, 6.07) is 10.1. The molecular formula is C17H22N2O2. The zero-order chi connectivity index (χ0) is 15.1. The Labute approximate surface area is 126 Å². The highest BCUT2D eigenvalue weighted by Gasteiger charge is 2.28. The van der Waals surface area contributed by atoms with Gasteiger partial charge in [0.05, 0.1) is 18.9 Å². The lowest BCUT2D eigenvalue weighted by Crippen LogP contribution is -2.36. The third-order valence-electron chi connectivity index (χ3n) is 4.12. The van der Waals surface area contributed by atoms with E-state index in [9.17, 15) is 4.79 Å². The Balaban J connectivity index is 2.02. The van der Waals surface area contributed by atoms with Gasteiger partial charge >= 0.3 is 0 Å². The number of hydrogen-bond acceptors (Lipinski definition) is 3. The van der Waals surface area contributed by atoms with Gasteiger partial charge in [-0.15, -0.1) is 0 Å². The molecule has 1 saturated heterocycles. The van der Waals surface area contributed by atoms with Crippen LogP contribution in [0.1, 0.15) is 36.8 Å². The Morgan fingerprint density at radius 1 is 1.38 bits per heavy atom. The summed E-state index contributed by atoms with van der Waals surface area (Å²) in [7, 11) is 0. The van der Waals surface area contributed by atoms with Crippen molar-refractivity contribution in [3.05, 3.63) is 35.4 Å². The lowest BCUT2D eigenvalue weighted by molar-refractivity contribution is -0.131. The van der Waals surface area contributed by atoms with Gasteiger partial charge in [-0.05, 0) is 36.8 Å². The summed E-state index contributed by atoms with van der Waals surface area (Å²) in [5, 5.41) is 17.8. The Hall–Kier alpha value is -1.86. The fourth-order valence-corrected chi connectivity index (χ4v) is 3.04. The summed E-state index contributed by atoms with van der Waals surface area (Å²) in [5.41, 5.74) is 1.90. The van der Waals surface area contributed by atoms with E-state index >= 15 is 0 Å². The number of nitriles is 1. The number of benzene rings is 1. The molecule has 0 saturated carbocycles. The third kappa shape index (κ3) is 4.05. The second kappa shape index (κ2) is 7.80. The first kappa shape index (κ1) is 15.5. The second-order valence-electron chi connectivity index (χ2n) is 5.53. The molecule has 21 heavy (non-hydrogen) atoms. The summed E-state index contributed by atoms with van der Waals surface area (Å²) in [6.07, 6.45) is 4.42. The van der Waals surface area contributed by atoms with E-state index in [4.69, 9.17) is 10.4 Å². The van der Waals surface area contributed by atoms with Gasteiger partial charge in [-0.3, -0.25) is 4.79 Å². The number of aliphatic hydroxyl groups is 1. The maximum atomic E-state index is 12.5. The summed E-state index contributed by atoms with van der Waals surface area (Å²) < 4.78 is 0. The molecule has 0 aromatic heterocycles. The van der Waals surface area contributed by atoms with E-state index in [1.165, 1.54) is 0 Å². The molecule has 0 bridgehead atoms. The maximum Gasteiger partial charge on any atom is 0.227 e. The molecule has 4 nitrogen and oxygen atoms in total. The van der Waals surface area contributed by atoms with E-state index < -0.39 is 0 Å². The predicted octanol–water partition coefficient (Wildman–Crippen LogP) is 2.06. The van der Waals surface area contributed by atoms with Crippen molar-refractivity contribution in [2.45, 2.75) is 44.6 Å². The number of aliphatic hydroxyl groups excluding tert-OH is 1. The highest BCUT2D eigenvalue weighted by Crippen LogP contribution is 2.23. The fourth-order valence-electron chi connectivity index (χ4n) is 3.04. The van der Waals surface area contributed by atoms with E-state index in [1.807, 2.05) is 29.2 Å². The number of carbonyl (C=O) groups excluding carboxylic acids is 1. The molecule has 1 unspecified atom stereocenters. The van der Waals surface area contributed by atoms with Crippen LogP contribution in [0.2, 0.25) is 0 Å². The molecule has 4 heteroatoms. The molecule has 112 valence electrons. The monoisotopic (exact) mass is 286 g/mol. The molecular weight excluding hydrogens is 264 g/mol. The van der Waals surface area contributed by atoms with Gasteiger partial charge in [0.15, 0.2) is 0 Å². The van der Waals surface area contributed by atoms with Crippen molar-refractivity contribution < 1.29 is 9.90 Å². The van der Waals surface area contributed by atoms with Crippen molar-refractivity contribution in [2.75, 3.05) is 13.2 Å². The average Bonchev–Trinajstić information content (AvgIpc) is 2.96. The van der Waals surface area contributed by atoms with Crippen molar-refractivity contribution in [3.8, 4) is 6.07 Å². The molecule has 0 aliphatic carbocycles. The van der Waals surface area contributed by atoms with Gasteiger partial charge in [0.25, 0.3) is 0 Å². The summed E-state index contributed by atoms with van der Waals surface area (Å²) in [6.45, 7) is 0.999. The molecule has 1 heterocycles. The highest BCUT2D eigenvalue weighted by atomic mass is 16.3. The van der Waals surface area contributed by atoms with E-state index in [1.54, 1.807) is 0 Å². The molecule has 1 N–H and O–H groups in total. The van der Waals surface area contributed by atoms with Crippen LogP contribution in [0.5, 0.6) is 0 Å². The quantitative estimate of drug-likeness (QED) is 0.870. The summed E-state index contributed by atoms with van der Waals surface area (Å²) in [4.78, 5) is 14.5. The van der Waals surface area contributed by atoms with Crippen molar-refractivity contribution in [2.24, 2.45) is 0 Å². The molecule has 2 rings (SSSR count). The van der Waals surface area contributed by atoms with Gasteiger partial charge in [-0.25, -0.2) is 0 Å². The first-order valence-electron chi connectivity index (χ1n) is 7.60. The molecule has 0 radical (unpaired) electrons. The normalized spacial score (nSPS) is 17.7. The molecule has 1 amide bonds. The van der Waals surface area contributed by atoms with E-state index in [0.29, 0.717) is 12.8 Å². The summed E-state index contributed by atoms with van der Waals surface area (Å²) >= 11 is 0. The summed E-state index contributed by atoms with van der Waals surface area (Å²) in [5.74, 6) is 0.140. The molecule has 1 aliphatic heterocycles. The molecule has 1 aliphatic rings. The Morgan fingerprint density at radius 2 is 2.14 bits per heavy atom. The molecule has 1 atom stereocenters. The number of nitrogens with zero attached hydrogens (tertiary/aromatic N) is 2. The molecule has 1 fully saturated rings. The number of carbonyl (C=O) groups is 1. The van der Waals surface area contributed by atoms with Crippen LogP contribution >= 0.6 is 0 Å². The van der Waals surface area contributed by atoms with E-state index in [0.717, 1.165) is 43.4 Å². The van der Waals surface area contributed by atoms with Crippen molar-refractivity contribution in [1.82, 2.24) is 4.90 Å². The first-order chi connectivity index (χ1) is 10.3. The minimum atomic E-state index is 0.140. The third-order valence-corrected chi connectivity index (χ3v) is 4.12. The van der Waals surface area contributed by atoms with Gasteiger partial charge in [-0.2, -0.15) is 5.26 Å². The van der Waals surface area contributed by atoms with Crippen LogP contribution in [0.25, 0.3) is 0 Å². The molecule has 0 spiro atoms. The van der Waals surface area contributed by atoms with E-state index in [2.05, 4.69) is 6.07 Å². The topological polar surface area (TPSA) is 64.3 Å². The zero-order valence-corrected chi connectivity index (χ0v) is 12.3. The largest absolute Gasteiger partial charge is 0.396 e. The van der Waals surface area contributed by atoms with Crippen LogP contribution in [-0.4, -0.2) is 35.1 Å². The van der Waals surface area contributed by atoms with Crippen LogP contribution in [0, 0.1) is 11.3 Å². The van der Waals surface area contributed by atoms with Gasteiger partial charge in [-0.1, -0.05) is 24.3 Å². The highest BCUT2D eigenvalue weighted by molar-refractivity contribution is 5.79. The zero-order valence-electron chi connectivity index (χ0n) is 12.3. The first-order valence-corrected chi connectivity index (χ1v) is 7.60. The standard InChI is InChI=1S/C17H22N2O2/c18-10-9-14-5-1-2-6-15(14)13-17(21)19-11-3-7-16(19)8-4-12-20/h1-2,5-6,16,20H,3-4,7-9,11-13H2. The Kier molecular flexibility index (Phi) is 5.77. The van der Waals surface area contributed by atoms with Crippen LogP contribution < -0.4 is 0 Å². The smallest absolute Gasteiger partial charge is 0.227 e. The lowest BCUT2D eigenvalue weighted by Gasteiger charge is -2.25. The van der Waals surface area contributed by atoms with Gasteiger partial charge in [0.2, 0.25) is 5.91 Å². The van der Waals surface area contributed by atoms with E-state index in [-0.39, 0.29) is 18.6 Å². The molecule has 1 aromatic carbocycles. The number of hydrogen-bond donors (Lipinski definition) is 1.